The lowest BCUT2D eigenvalue weighted by Gasteiger charge is -2.09. The Morgan fingerprint density at radius 1 is 1.39 bits per heavy atom. The molecule has 1 aromatic heterocycles. The zero-order chi connectivity index (χ0) is 13.1. The largest absolute Gasteiger partial charge is 0.497 e. The Kier molecular flexibility index (Phi) is 3.67. The molecule has 1 heterocycles. The maximum atomic E-state index is 12.3. The summed E-state index contributed by atoms with van der Waals surface area (Å²) >= 11 is 0. The number of ether oxygens (including phenoxy) is 1. The van der Waals surface area contributed by atoms with Crippen LogP contribution in [0.2, 0.25) is 0 Å². The Hall–Kier alpha value is -1.81. The molecule has 4 heteroatoms. The van der Waals surface area contributed by atoms with Crippen LogP contribution < -0.4 is 10.3 Å². The fourth-order valence-electron chi connectivity index (χ4n) is 2.12. The van der Waals surface area contributed by atoms with Gasteiger partial charge in [0.25, 0.3) is 5.56 Å². The molecule has 0 amide bonds. The molecule has 0 saturated heterocycles. The number of hydrogen-bond donors (Lipinski definition) is 1. The highest BCUT2D eigenvalue weighted by molar-refractivity contribution is 5.86. The van der Waals surface area contributed by atoms with Crippen molar-refractivity contribution in [1.29, 1.82) is 0 Å². The highest BCUT2D eigenvalue weighted by Crippen LogP contribution is 2.22. The van der Waals surface area contributed by atoms with Gasteiger partial charge in [0.1, 0.15) is 5.75 Å². The molecule has 2 aromatic rings. The highest BCUT2D eigenvalue weighted by Gasteiger charge is 2.07. The van der Waals surface area contributed by atoms with E-state index in [-0.39, 0.29) is 12.2 Å². The van der Waals surface area contributed by atoms with Crippen LogP contribution in [0.15, 0.2) is 29.2 Å². The second-order valence-corrected chi connectivity index (χ2v) is 4.30. The summed E-state index contributed by atoms with van der Waals surface area (Å²) in [4.78, 5) is 12.3. The van der Waals surface area contributed by atoms with Gasteiger partial charge in [-0.15, -0.1) is 0 Å². The van der Waals surface area contributed by atoms with E-state index in [4.69, 9.17) is 9.84 Å². The first kappa shape index (κ1) is 12.6. The molecule has 96 valence electrons. The van der Waals surface area contributed by atoms with E-state index in [1.807, 2.05) is 25.1 Å². The average Bonchev–Trinajstić information content (AvgIpc) is 2.37. The molecular weight excluding hydrogens is 230 g/mol. The number of aryl methyl sites for hydroxylation is 2. The molecule has 2 rings (SSSR count). The van der Waals surface area contributed by atoms with Crippen LogP contribution in [-0.2, 0) is 6.54 Å². The van der Waals surface area contributed by atoms with Crippen molar-refractivity contribution in [2.45, 2.75) is 19.9 Å². The van der Waals surface area contributed by atoms with Crippen LogP contribution >= 0.6 is 0 Å². The van der Waals surface area contributed by atoms with Crippen LogP contribution in [0.25, 0.3) is 10.8 Å². The molecule has 0 saturated carbocycles. The molecule has 4 nitrogen and oxygen atoms in total. The standard InChI is InChI=1S/C14H17NO3/c1-10-8-12(18-2)9-11-4-6-15(5-3-7-16)14(17)13(10)11/h4,6,8-9,16H,3,5,7H2,1-2H3. The van der Waals surface area contributed by atoms with Gasteiger partial charge in [0, 0.05) is 19.3 Å². The van der Waals surface area contributed by atoms with E-state index in [1.54, 1.807) is 17.9 Å². The van der Waals surface area contributed by atoms with E-state index < -0.39 is 0 Å². The first-order valence-corrected chi connectivity index (χ1v) is 5.96. The molecule has 0 aliphatic heterocycles. The molecule has 0 spiro atoms. The molecule has 0 bridgehead atoms. The number of benzene rings is 1. The lowest BCUT2D eigenvalue weighted by Crippen LogP contribution is -2.20. The van der Waals surface area contributed by atoms with Gasteiger partial charge in [0.15, 0.2) is 0 Å². The van der Waals surface area contributed by atoms with E-state index in [2.05, 4.69) is 0 Å². The maximum Gasteiger partial charge on any atom is 0.258 e. The van der Waals surface area contributed by atoms with Gasteiger partial charge in [-0.05, 0) is 42.5 Å². The third-order valence-corrected chi connectivity index (χ3v) is 3.04. The van der Waals surface area contributed by atoms with Gasteiger partial charge in [-0.3, -0.25) is 4.79 Å². The summed E-state index contributed by atoms with van der Waals surface area (Å²) in [6.45, 7) is 2.53. The highest BCUT2D eigenvalue weighted by atomic mass is 16.5. The first-order chi connectivity index (χ1) is 8.67. The van der Waals surface area contributed by atoms with Crippen LogP contribution in [0.5, 0.6) is 5.75 Å². The molecule has 1 N–H and O–H groups in total. The summed E-state index contributed by atoms with van der Waals surface area (Å²) in [6, 6.07) is 5.63. The summed E-state index contributed by atoms with van der Waals surface area (Å²) in [5.41, 5.74) is 0.897. The van der Waals surface area contributed by atoms with Gasteiger partial charge in [-0.2, -0.15) is 0 Å². The lowest BCUT2D eigenvalue weighted by molar-refractivity contribution is 0.279. The molecule has 1 aromatic carbocycles. The Bertz CT molecular complexity index is 616. The van der Waals surface area contributed by atoms with Crippen molar-refractivity contribution in [1.82, 2.24) is 4.57 Å². The predicted molar refractivity (Wildman–Crippen MR) is 71.2 cm³/mol. The van der Waals surface area contributed by atoms with Crippen molar-refractivity contribution >= 4 is 10.8 Å². The topological polar surface area (TPSA) is 51.5 Å². The van der Waals surface area contributed by atoms with E-state index in [0.29, 0.717) is 13.0 Å². The molecule has 0 aliphatic rings. The molecule has 0 radical (unpaired) electrons. The number of fused-ring (bicyclic) bond motifs is 1. The molecule has 0 aliphatic carbocycles. The van der Waals surface area contributed by atoms with Crippen LogP contribution in [0, 0.1) is 6.92 Å². The number of pyridine rings is 1. The monoisotopic (exact) mass is 247 g/mol. The fourth-order valence-corrected chi connectivity index (χ4v) is 2.12. The van der Waals surface area contributed by atoms with Crippen molar-refractivity contribution < 1.29 is 9.84 Å². The van der Waals surface area contributed by atoms with Gasteiger partial charge in [-0.25, -0.2) is 0 Å². The number of aliphatic hydroxyl groups excluding tert-OH is 1. The van der Waals surface area contributed by atoms with Crippen LogP contribution in [0.3, 0.4) is 0 Å². The minimum atomic E-state index is -0.0129. The Labute approximate surface area is 105 Å². The van der Waals surface area contributed by atoms with Crippen molar-refractivity contribution in [2.24, 2.45) is 0 Å². The molecule has 0 fully saturated rings. The van der Waals surface area contributed by atoms with Crippen LogP contribution in [0.1, 0.15) is 12.0 Å². The van der Waals surface area contributed by atoms with E-state index in [9.17, 15) is 4.79 Å². The van der Waals surface area contributed by atoms with Crippen molar-refractivity contribution in [3.63, 3.8) is 0 Å². The minimum absolute atomic E-state index is 0.0129. The summed E-state index contributed by atoms with van der Waals surface area (Å²) in [6.07, 6.45) is 2.35. The molecule has 18 heavy (non-hydrogen) atoms. The normalized spacial score (nSPS) is 10.8. The van der Waals surface area contributed by atoms with Crippen LogP contribution in [0.4, 0.5) is 0 Å². The second-order valence-electron chi connectivity index (χ2n) is 4.30. The third-order valence-electron chi connectivity index (χ3n) is 3.04. The Balaban J connectivity index is 2.60. The van der Waals surface area contributed by atoms with Gasteiger partial charge in [0.2, 0.25) is 0 Å². The number of nitrogens with zero attached hydrogens (tertiary/aromatic N) is 1. The number of rotatable bonds is 4. The smallest absolute Gasteiger partial charge is 0.258 e. The molecule has 0 atom stereocenters. The van der Waals surface area contributed by atoms with Crippen molar-refractivity contribution in [3.05, 3.63) is 40.3 Å². The zero-order valence-corrected chi connectivity index (χ0v) is 10.6. The first-order valence-electron chi connectivity index (χ1n) is 5.96. The number of methoxy groups -OCH3 is 1. The molecule has 0 unspecified atom stereocenters. The minimum Gasteiger partial charge on any atom is -0.497 e. The zero-order valence-electron chi connectivity index (χ0n) is 10.6. The number of aliphatic hydroxyl groups is 1. The summed E-state index contributed by atoms with van der Waals surface area (Å²) < 4.78 is 6.83. The maximum absolute atomic E-state index is 12.3. The van der Waals surface area contributed by atoms with Gasteiger partial charge in [-0.1, -0.05) is 0 Å². The SMILES string of the molecule is COc1cc(C)c2c(=O)n(CCCO)ccc2c1. The van der Waals surface area contributed by atoms with Crippen LogP contribution in [-0.4, -0.2) is 23.4 Å². The van der Waals surface area contributed by atoms with Crippen molar-refractivity contribution in [3.8, 4) is 5.75 Å². The predicted octanol–water partition coefficient (Wildman–Crippen LogP) is 1.70. The summed E-state index contributed by atoms with van der Waals surface area (Å²) in [5.74, 6) is 0.757. The molecular formula is C14H17NO3. The van der Waals surface area contributed by atoms with E-state index in [0.717, 1.165) is 22.1 Å². The third kappa shape index (κ3) is 2.24. The van der Waals surface area contributed by atoms with Gasteiger partial charge in [0.05, 0.1) is 12.5 Å². The van der Waals surface area contributed by atoms with E-state index >= 15 is 0 Å². The van der Waals surface area contributed by atoms with E-state index in [1.165, 1.54) is 0 Å². The summed E-state index contributed by atoms with van der Waals surface area (Å²) in [5, 5.41) is 10.4. The fraction of sp³-hybridized carbons (Fsp3) is 0.357. The average molecular weight is 247 g/mol. The number of hydrogen-bond acceptors (Lipinski definition) is 3. The number of aromatic nitrogens is 1. The second kappa shape index (κ2) is 5.23. The Morgan fingerprint density at radius 2 is 2.17 bits per heavy atom. The lowest BCUT2D eigenvalue weighted by atomic mass is 10.1. The van der Waals surface area contributed by atoms with Gasteiger partial charge < -0.3 is 14.4 Å². The van der Waals surface area contributed by atoms with Gasteiger partial charge >= 0.3 is 0 Å². The Morgan fingerprint density at radius 3 is 2.83 bits per heavy atom. The van der Waals surface area contributed by atoms with Crippen molar-refractivity contribution in [2.75, 3.05) is 13.7 Å². The summed E-state index contributed by atoms with van der Waals surface area (Å²) in [7, 11) is 1.61. The quantitative estimate of drug-likeness (QED) is 0.894.